The number of nitrogens with zero attached hydrogens (tertiary/aromatic N) is 1. The summed E-state index contributed by atoms with van der Waals surface area (Å²) in [5.74, 6) is 4.19. The van der Waals surface area contributed by atoms with Gasteiger partial charge in [-0.1, -0.05) is 25.7 Å². The number of hydrogen-bond acceptors (Lipinski definition) is 8. The van der Waals surface area contributed by atoms with Crippen molar-refractivity contribution in [2.24, 2.45) is 0 Å². The first-order valence-corrected chi connectivity index (χ1v) is 15.6. The number of anilines is 3. The van der Waals surface area contributed by atoms with Crippen molar-refractivity contribution in [3.63, 3.8) is 0 Å². The number of benzene rings is 4. The van der Waals surface area contributed by atoms with Crippen LogP contribution in [0.5, 0.6) is 40.2 Å². The zero-order chi connectivity index (χ0) is 27.7. The Kier molecular flexibility index (Phi) is 4.53. The summed E-state index contributed by atoms with van der Waals surface area (Å²) >= 11 is 6.88. The van der Waals surface area contributed by atoms with Crippen LogP contribution in [0.25, 0.3) is 0 Å². The number of carbonyl (C=O) groups excluding carboxylic acids is 1. The molecule has 9 heteroatoms. The minimum atomic E-state index is -2.78. The molecule has 4 aliphatic heterocycles. The van der Waals surface area contributed by atoms with Crippen molar-refractivity contribution in [3.05, 3.63) is 65.2 Å². The highest BCUT2D eigenvalue weighted by Crippen LogP contribution is 2.70. The number of carbonyl (C=O) groups is 1. The molecule has 1 atom stereocenters. The molecule has 0 bridgehead atoms. The van der Waals surface area contributed by atoms with E-state index in [-0.39, 0.29) is 0 Å². The first-order valence-electron chi connectivity index (χ1n) is 12.8. The molecule has 0 saturated heterocycles. The van der Waals surface area contributed by atoms with Crippen molar-refractivity contribution < 1.29 is 28.5 Å². The van der Waals surface area contributed by atoms with Gasteiger partial charge in [0.05, 0.1) is 60.3 Å². The molecular formula is C31H24NO6PS. The highest BCUT2D eigenvalue weighted by molar-refractivity contribution is 8.26. The lowest BCUT2D eigenvalue weighted by atomic mass is 9.73. The molecule has 0 aliphatic carbocycles. The van der Waals surface area contributed by atoms with Gasteiger partial charge in [0.2, 0.25) is 0 Å². The van der Waals surface area contributed by atoms with Crippen molar-refractivity contribution in [3.8, 4) is 40.2 Å². The summed E-state index contributed by atoms with van der Waals surface area (Å²) in [6.45, 7) is 4.43. The quantitative estimate of drug-likeness (QED) is 0.191. The van der Waals surface area contributed by atoms with Gasteiger partial charge in [0, 0.05) is 11.0 Å². The first kappa shape index (κ1) is 23.9. The third-order valence-electron chi connectivity index (χ3n) is 8.53. The Bertz CT molecular complexity index is 1900. The summed E-state index contributed by atoms with van der Waals surface area (Å²) in [7, 11) is 4.95. The van der Waals surface area contributed by atoms with Crippen LogP contribution in [0, 0.1) is 0 Å². The Balaban J connectivity index is 1.60. The zero-order valence-corrected chi connectivity index (χ0v) is 24.2. The Morgan fingerprint density at radius 2 is 1.48 bits per heavy atom. The smallest absolute Gasteiger partial charge is 0.180 e. The number of rotatable bonds is 4. The zero-order valence-electron chi connectivity index (χ0n) is 22.4. The summed E-state index contributed by atoms with van der Waals surface area (Å²) in [4.78, 5) is 14.2. The number of methoxy groups -OCH3 is 3. The Morgan fingerprint density at radius 1 is 0.800 bits per heavy atom. The fourth-order valence-corrected chi connectivity index (χ4v) is 11.7. The summed E-state index contributed by atoms with van der Waals surface area (Å²) < 4.78 is 30.6. The van der Waals surface area contributed by atoms with Gasteiger partial charge in [-0.3, -0.25) is 4.79 Å². The van der Waals surface area contributed by atoms with E-state index in [4.69, 9.17) is 35.5 Å². The molecule has 1 unspecified atom stereocenters. The van der Waals surface area contributed by atoms with Crippen LogP contribution in [0.3, 0.4) is 0 Å². The van der Waals surface area contributed by atoms with Gasteiger partial charge >= 0.3 is 0 Å². The standard InChI is InChI=1S/C31H24NO6PS/c1-31(2)17-12-16(34-3)6-7-19(17)32-20-8-9-21(35-4)26-28(20)39(40)29-23(37-26)10-15(14-33)11-24(29)38-27-22(36-5)13-18(31)25(32)30(27)39/h6-14H,1-5H3. The molecule has 40 heavy (non-hydrogen) atoms. The molecule has 4 aliphatic rings. The monoisotopic (exact) mass is 569 g/mol. The molecule has 7 nitrogen and oxygen atoms in total. The number of aldehydes is 1. The van der Waals surface area contributed by atoms with Crippen LogP contribution in [-0.4, -0.2) is 27.6 Å². The lowest BCUT2D eigenvalue weighted by Crippen LogP contribution is -2.46. The molecule has 0 amide bonds. The third-order valence-corrected chi connectivity index (χ3v) is 13.4. The molecule has 8 rings (SSSR count). The van der Waals surface area contributed by atoms with E-state index in [0.29, 0.717) is 40.1 Å². The van der Waals surface area contributed by atoms with Gasteiger partial charge in [0.15, 0.2) is 23.0 Å². The van der Waals surface area contributed by atoms with Gasteiger partial charge in [0.1, 0.15) is 23.5 Å². The third kappa shape index (κ3) is 2.57. The van der Waals surface area contributed by atoms with Gasteiger partial charge in [-0.25, -0.2) is 0 Å². The van der Waals surface area contributed by atoms with Gasteiger partial charge < -0.3 is 28.6 Å². The van der Waals surface area contributed by atoms with E-state index in [1.807, 2.05) is 12.1 Å². The molecule has 0 N–H and O–H groups in total. The molecule has 0 saturated carbocycles. The second kappa shape index (κ2) is 7.59. The lowest BCUT2D eigenvalue weighted by molar-refractivity contribution is 0.112. The molecule has 200 valence electrons. The first-order chi connectivity index (χ1) is 19.3. The van der Waals surface area contributed by atoms with Gasteiger partial charge in [-0.15, -0.1) is 0 Å². The normalized spacial score (nSPS) is 19.0. The van der Waals surface area contributed by atoms with Gasteiger partial charge in [-0.2, -0.15) is 0 Å². The van der Waals surface area contributed by atoms with Crippen molar-refractivity contribution >= 4 is 57.1 Å². The van der Waals surface area contributed by atoms with Crippen molar-refractivity contribution in [2.45, 2.75) is 19.3 Å². The number of hydrogen-bond donors (Lipinski definition) is 0. The number of ether oxygens (including phenoxy) is 5. The van der Waals surface area contributed by atoms with Crippen LogP contribution in [-0.2, 0) is 17.2 Å². The van der Waals surface area contributed by atoms with Gasteiger partial charge in [0.25, 0.3) is 0 Å². The van der Waals surface area contributed by atoms with Crippen LogP contribution >= 0.6 is 6.04 Å². The van der Waals surface area contributed by atoms with E-state index in [2.05, 4.69) is 43.0 Å². The second-order valence-corrected chi connectivity index (χ2v) is 15.0. The molecular weight excluding hydrogens is 545 g/mol. The second-order valence-electron chi connectivity index (χ2n) is 10.8. The molecule has 4 heterocycles. The van der Waals surface area contributed by atoms with Crippen molar-refractivity contribution in [2.75, 3.05) is 26.2 Å². The summed E-state index contributed by atoms with van der Waals surface area (Å²) in [5.41, 5.74) is 5.24. The maximum absolute atomic E-state index is 11.9. The average molecular weight is 570 g/mol. The molecule has 0 spiro atoms. The molecule has 4 aromatic carbocycles. The highest BCUT2D eigenvalue weighted by Gasteiger charge is 2.55. The van der Waals surface area contributed by atoms with Crippen LogP contribution in [0.1, 0.15) is 35.3 Å². The molecule has 0 fully saturated rings. The van der Waals surface area contributed by atoms with Gasteiger partial charge in [-0.05, 0) is 59.7 Å². The largest absolute Gasteiger partial charge is 0.497 e. The fraction of sp³-hybridized carbons (Fsp3) is 0.194. The van der Waals surface area contributed by atoms with E-state index in [9.17, 15) is 4.79 Å². The highest BCUT2D eigenvalue weighted by atomic mass is 32.4. The van der Waals surface area contributed by atoms with E-state index in [0.717, 1.165) is 56.1 Å². The SMILES string of the molecule is COc1ccc2c(c1)C(C)(C)c1cc(OC)c3c4c1N2c1ccc(OC)c2c1P4(=S)c1c(cc(C=O)cc1O3)O2. The van der Waals surface area contributed by atoms with Crippen LogP contribution in [0.2, 0.25) is 0 Å². The topological polar surface area (TPSA) is 66.5 Å². The minimum Gasteiger partial charge on any atom is -0.497 e. The maximum atomic E-state index is 11.9. The summed E-state index contributed by atoms with van der Waals surface area (Å²) in [5, 5.41) is 2.66. The predicted octanol–water partition coefficient (Wildman–Crippen LogP) is 5.91. The summed E-state index contributed by atoms with van der Waals surface area (Å²) in [6.07, 6.45) is 0.789. The maximum Gasteiger partial charge on any atom is 0.180 e. The predicted molar refractivity (Wildman–Crippen MR) is 158 cm³/mol. The van der Waals surface area contributed by atoms with E-state index < -0.39 is 11.5 Å². The summed E-state index contributed by atoms with van der Waals surface area (Å²) in [6, 6.07) is 12.9. The van der Waals surface area contributed by atoms with E-state index in [1.54, 1.807) is 33.5 Å². The average Bonchev–Trinajstić information content (AvgIpc) is 2.96. The van der Waals surface area contributed by atoms with Crippen LogP contribution < -0.4 is 44.5 Å². The van der Waals surface area contributed by atoms with E-state index >= 15 is 0 Å². The molecule has 0 radical (unpaired) electrons. The molecule has 4 aromatic rings. The Morgan fingerprint density at radius 3 is 2.12 bits per heavy atom. The lowest BCUT2D eigenvalue weighted by Gasteiger charge is -2.51. The van der Waals surface area contributed by atoms with Crippen molar-refractivity contribution in [1.82, 2.24) is 0 Å². The van der Waals surface area contributed by atoms with Crippen molar-refractivity contribution in [1.29, 1.82) is 0 Å². The van der Waals surface area contributed by atoms with Crippen LogP contribution in [0.15, 0.2) is 48.5 Å². The van der Waals surface area contributed by atoms with E-state index in [1.165, 1.54) is 0 Å². The fourth-order valence-electron chi connectivity index (χ4n) is 6.69. The Labute approximate surface area is 236 Å². The Hall–Kier alpha value is -4.00. The minimum absolute atomic E-state index is 0.407. The molecule has 0 aromatic heterocycles. The number of fused-ring (bicyclic) bond motifs is 3. The van der Waals surface area contributed by atoms with Crippen LogP contribution in [0.4, 0.5) is 17.1 Å².